The molecule has 2 aliphatic heterocycles. The maximum Gasteiger partial charge on any atom is 0.258 e. The van der Waals surface area contributed by atoms with Crippen LogP contribution in [0.3, 0.4) is 0 Å². The number of ether oxygens (including phenoxy) is 3. The van der Waals surface area contributed by atoms with Crippen molar-refractivity contribution in [3.05, 3.63) is 69.5 Å². The van der Waals surface area contributed by atoms with E-state index in [0.717, 1.165) is 5.56 Å². The summed E-state index contributed by atoms with van der Waals surface area (Å²) < 4.78 is 16.6. The molecule has 0 aliphatic carbocycles. The van der Waals surface area contributed by atoms with Crippen molar-refractivity contribution in [1.29, 1.82) is 5.26 Å². The van der Waals surface area contributed by atoms with Gasteiger partial charge in [-0.05, 0) is 42.3 Å². The molecular formula is C25H23N5O5. The number of benzene rings is 2. The van der Waals surface area contributed by atoms with Crippen LogP contribution in [0.1, 0.15) is 29.5 Å². The molecule has 1 amide bonds. The van der Waals surface area contributed by atoms with Crippen molar-refractivity contribution in [2.45, 2.75) is 19.4 Å². The number of H-pyrrole nitrogens is 1. The zero-order valence-corrected chi connectivity index (χ0v) is 19.0. The Kier molecular flexibility index (Phi) is 5.97. The molecule has 0 fully saturated rings. The molecule has 2 atom stereocenters. The number of fused-ring (bicyclic) bond motifs is 2. The summed E-state index contributed by atoms with van der Waals surface area (Å²) in [6, 6.07) is 14.6. The lowest BCUT2D eigenvalue weighted by Crippen LogP contribution is -2.38. The van der Waals surface area contributed by atoms with Crippen molar-refractivity contribution in [2.24, 2.45) is 5.92 Å². The summed E-state index contributed by atoms with van der Waals surface area (Å²) in [7, 11) is 0. The molecule has 10 heteroatoms. The first kappa shape index (κ1) is 22.3. The molecule has 10 nitrogen and oxygen atoms in total. The van der Waals surface area contributed by atoms with Crippen molar-refractivity contribution >= 4 is 17.7 Å². The van der Waals surface area contributed by atoms with Crippen LogP contribution in [0.5, 0.6) is 17.2 Å². The highest BCUT2D eigenvalue weighted by Crippen LogP contribution is 2.38. The van der Waals surface area contributed by atoms with Crippen LogP contribution in [-0.2, 0) is 11.3 Å². The van der Waals surface area contributed by atoms with Gasteiger partial charge >= 0.3 is 0 Å². The van der Waals surface area contributed by atoms with Gasteiger partial charge in [0.2, 0.25) is 11.9 Å². The molecule has 35 heavy (non-hydrogen) atoms. The van der Waals surface area contributed by atoms with Gasteiger partial charge in [0.15, 0.2) is 11.5 Å². The van der Waals surface area contributed by atoms with Crippen LogP contribution in [-0.4, -0.2) is 35.7 Å². The highest BCUT2D eigenvalue weighted by atomic mass is 16.6. The maximum atomic E-state index is 13.2. The smallest absolute Gasteiger partial charge is 0.258 e. The number of rotatable bonds is 6. The number of anilines is 2. The van der Waals surface area contributed by atoms with Gasteiger partial charge in [0.1, 0.15) is 30.7 Å². The summed E-state index contributed by atoms with van der Waals surface area (Å²) in [4.78, 5) is 33.0. The van der Waals surface area contributed by atoms with Gasteiger partial charge in [0.25, 0.3) is 5.56 Å². The molecule has 0 bridgehead atoms. The number of carbonyl (C=O) groups is 1. The van der Waals surface area contributed by atoms with E-state index in [2.05, 4.69) is 20.6 Å². The van der Waals surface area contributed by atoms with Crippen molar-refractivity contribution in [3.63, 3.8) is 0 Å². The van der Waals surface area contributed by atoms with Crippen molar-refractivity contribution < 1.29 is 19.0 Å². The third-order valence-electron chi connectivity index (χ3n) is 5.88. The van der Waals surface area contributed by atoms with Gasteiger partial charge in [-0.25, -0.2) is 0 Å². The summed E-state index contributed by atoms with van der Waals surface area (Å²) in [5.41, 5.74) is 1.36. The number of amides is 1. The second kappa shape index (κ2) is 9.38. The number of carbonyl (C=O) groups excluding carboxylic acids is 1. The number of aromatic amines is 1. The second-order valence-corrected chi connectivity index (χ2v) is 8.08. The number of hydrogen-bond acceptors (Lipinski definition) is 8. The molecular weight excluding hydrogens is 450 g/mol. The van der Waals surface area contributed by atoms with E-state index >= 15 is 0 Å². The van der Waals surface area contributed by atoms with Gasteiger partial charge in [-0.3, -0.25) is 14.6 Å². The summed E-state index contributed by atoms with van der Waals surface area (Å²) in [5, 5.41) is 15.4. The van der Waals surface area contributed by atoms with Crippen LogP contribution in [0.15, 0.2) is 47.3 Å². The molecule has 178 valence electrons. The van der Waals surface area contributed by atoms with Crippen LogP contribution in [0.25, 0.3) is 0 Å². The Labute approximate surface area is 200 Å². The number of nitriles is 1. The molecule has 0 saturated carbocycles. The molecule has 0 radical (unpaired) electrons. The quantitative estimate of drug-likeness (QED) is 0.497. The molecule has 3 heterocycles. The minimum atomic E-state index is -1.07. The molecule has 1 aromatic heterocycles. The van der Waals surface area contributed by atoms with Crippen molar-refractivity contribution in [1.82, 2.24) is 9.97 Å². The minimum Gasteiger partial charge on any atom is -0.494 e. The summed E-state index contributed by atoms with van der Waals surface area (Å²) in [5.74, 6) is 0.0116. The Morgan fingerprint density at radius 1 is 1.14 bits per heavy atom. The highest BCUT2D eigenvalue weighted by Gasteiger charge is 2.40. The average Bonchev–Trinajstić information content (AvgIpc) is 2.87. The predicted octanol–water partition coefficient (Wildman–Crippen LogP) is 2.78. The fourth-order valence-corrected chi connectivity index (χ4v) is 4.28. The largest absolute Gasteiger partial charge is 0.494 e. The fourth-order valence-electron chi connectivity index (χ4n) is 4.28. The van der Waals surface area contributed by atoms with Crippen LogP contribution in [0.2, 0.25) is 0 Å². The van der Waals surface area contributed by atoms with Crippen LogP contribution in [0.4, 0.5) is 11.8 Å². The molecule has 3 aromatic rings. The average molecular weight is 473 g/mol. The van der Waals surface area contributed by atoms with Crippen molar-refractivity contribution in [3.8, 4) is 23.3 Å². The first-order chi connectivity index (χ1) is 17.1. The van der Waals surface area contributed by atoms with Crippen molar-refractivity contribution in [2.75, 3.05) is 30.5 Å². The van der Waals surface area contributed by atoms with Gasteiger partial charge in [-0.1, -0.05) is 18.2 Å². The zero-order valence-electron chi connectivity index (χ0n) is 19.0. The van der Waals surface area contributed by atoms with E-state index in [-0.39, 0.29) is 17.3 Å². The lowest BCUT2D eigenvalue weighted by molar-refractivity contribution is -0.119. The first-order valence-corrected chi connectivity index (χ1v) is 11.3. The van der Waals surface area contributed by atoms with E-state index in [1.54, 1.807) is 24.3 Å². The summed E-state index contributed by atoms with van der Waals surface area (Å²) >= 11 is 0. The highest BCUT2D eigenvalue weighted by molar-refractivity contribution is 5.97. The van der Waals surface area contributed by atoms with E-state index in [1.165, 1.54) is 0 Å². The van der Waals surface area contributed by atoms with E-state index in [4.69, 9.17) is 14.2 Å². The van der Waals surface area contributed by atoms with E-state index < -0.39 is 23.3 Å². The number of hydrogen-bond donors (Lipinski definition) is 3. The first-order valence-electron chi connectivity index (χ1n) is 11.3. The zero-order chi connectivity index (χ0) is 24.4. The Balaban J connectivity index is 1.43. The van der Waals surface area contributed by atoms with Crippen LogP contribution >= 0.6 is 0 Å². The van der Waals surface area contributed by atoms with Gasteiger partial charge in [0.05, 0.1) is 18.2 Å². The molecule has 2 unspecified atom stereocenters. The number of nitrogens with one attached hydrogen (secondary N) is 3. The fraction of sp³-hybridized carbons (Fsp3) is 0.280. The lowest BCUT2D eigenvalue weighted by Gasteiger charge is -2.28. The molecule has 2 aromatic carbocycles. The van der Waals surface area contributed by atoms with Gasteiger partial charge < -0.3 is 24.8 Å². The Hall–Kier alpha value is -4.52. The third-order valence-corrected chi connectivity index (χ3v) is 5.88. The van der Waals surface area contributed by atoms with Gasteiger partial charge in [-0.15, -0.1) is 0 Å². The third kappa shape index (κ3) is 4.36. The molecule has 2 aliphatic rings. The number of nitrogens with zero attached hydrogens (tertiary/aromatic N) is 2. The second-order valence-electron chi connectivity index (χ2n) is 8.08. The van der Waals surface area contributed by atoms with E-state index in [0.29, 0.717) is 49.2 Å². The monoisotopic (exact) mass is 473 g/mol. The van der Waals surface area contributed by atoms with Gasteiger partial charge in [-0.2, -0.15) is 10.2 Å². The minimum absolute atomic E-state index is 0.133. The predicted molar refractivity (Wildman–Crippen MR) is 127 cm³/mol. The van der Waals surface area contributed by atoms with Gasteiger partial charge in [0, 0.05) is 12.5 Å². The molecule has 0 spiro atoms. The number of aromatic nitrogens is 2. The Morgan fingerprint density at radius 3 is 2.66 bits per heavy atom. The normalized spacial score (nSPS) is 18.1. The summed E-state index contributed by atoms with van der Waals surface area (Å²) in [6.07, 6.45) is 0. The Bertz CT molecular complexity index is 1360. The van der Waals surface area contributed by atoms with Crippen LogP contribution < -0.4 is 30.4 Å². The van der Waals surface area contributed by atoms with Crippen LogP contribution in [0, 0.1) is 17.2 Å². The molecule has 0 saturated heterocycles. The maximum absolute atomic E-state index is 13.2. The SMILES string of the molecule is CCOc1ccc(C2c3c(nc(NCc4ccc5c(c4)OCCO5)[nH]c3=O)NC(=O)C2C#N)cc1. The molecule has 3 N–H and O–H groups in total. The van der Waals surface area contributed by atoms with E-state index in [1.807, 2.05) is 31.2 Å². The lowest BCUT2D eigenvalue weighted by atomic mass is 9.79. The standard InChI is InChI=1S/C25H23N5O5/c1-2-33-16-6-4-15(5-7-16)20-17(12-26)23(31)28-22-21(20)24(32)30-25(29-22)27-13-14-3-8-18-19(11-14)35-10-9-34-18/h3-8,11,17,20H,2,9-10,13H2,1H3,(H3,27,28,29,30,31,32). The Morgan fingerprint density at radius 2 is 1.91 bits per heavy atom. The van der Waals surface area contributed by atoms with E-state index in [9.17, 15) is 14.9 Å². The summed E-state index contributed by atoms with van der Waals surface area (Å²) in [6.45, 7) is 3.76. The molecule has 5 rings (SSSR count). The topological polar surface area (TPSA) is 138 Å².